The second kappa shape index (κ2) is 5.67. The monoisotopic (exact) mass is 298 g/mol. The van der Waals surface area contributed by atoms with Crippen LogP contribution >= 0.6 is 0 Å². The van der Waals surface area contributed by atoms with Crippen molar-refractivity contribution in [2.24, 2.45) is 0 Å². The van der Waals surface area contributed by atoms with Crippen molar-refractivity contribution < 1.29 is 14.3 Å². The fourth-order valence-corrected chi connectivity index (χ4v) is 2.33. The minimum atomic E-state index is -0.698. The molecule has 0 bridgehead atoms. The summed E-state index contributed by atoms with van der Waals surface area (Å²) >= 11 is 0. The number of benzene rings is 1. The highest BCUT2D eigenvalue weighted by atomic mass is 16.6. The molecule has 0 saturated carbocycles. The van der Waals surface area contributed by atoms with Crippen molar-refractivity contribution in [2.75, 3.05) is 5.32 Å². The van der Waals surface area contributed by atoms with Gasteiger partial charge >= 0.3 is 0 Å². The Morgan fingerprint density at radius 2 is 1.86 bits per heavy atom. The predicted molar refractivity (Wildman–Crippen MR) is 83.3 cm³/mol. The van der Waals surface area contributed by atoms with Gasteiger partial charge in [0.2, 0.25) is 6.10 Å². The number of nitrogens with one attached hydrogen (secondary N) is 1. The standard InChI is InChI=1S/C17H18N2O3/c1-10-8-13(9-18-11(10)2)19-17(20)16-12(3)21-14-6-4-5-7-15(14)22-16/h4-9,12,16H,1-3H3,(H,19,20). The number of hydrogen-bond donors (Lipinski definition) is 1. The smallest absolute Gasteiger partial charge is 0.269 e. The third kappa shape index (κ3) is 2.74. The number of rotatable bonds is 2. The van der Waals surface area contributed by atoms with Gasteiger partial charge in [-0.25, -0.2) is 0 Å². The molecule has 5 nitrogen and oxygen atoms in total. The summed E-state index contributed by atoms with van der Waals surface area (Å²) in [6, 6.07) is 9.23. The van der Waals surface area contributed by atoms with Crippen LogP contribution in [-0.4, -0.2) is 23.1 Å². The first-order chi connectivity index (χ1) is 10.5. The van der Waals surface area contributed by atoms with Gasteiger partial charge in [-0.2, -0.15) is 0 Å². The number of nitrogens with zero attached hydrogens (tertiary/aromatic N) is 1. The molecule has 3 rings (SSSR count). The molecule has 2 heterocycles. The van der Waals surface area contributed by atoms with Crippen LogP contribution in [0.3, 0.4) is 0 Å². The normalized spacial score (nSPS) is 19.6. The van der Waals surface area contributed by atoms with Crippen LogP contribution in [0.25, 0.3) is 0 Å². The number of carbonyl (C=O) groups is 1. The highest BCUT2D eigenvalue weighted by Gasteiger charge is 2.34. The third-order valence-corrected chi connectivity index (χ3v) is 3.71. The van der Waals surface area contributed by atoms with E-state index in [-0.39, 0.29) is 12.0 Å². The summed E-state index contributed by atoms with van der Waals surface area (Å²) in [5, 5.41) is 2.83. The first kappa shape index (κ1) is 14.4. The molecule has 114 valence electrons. The van der Waals surface area contributed by atoms with E-state index in [2.05, 4.69) is 10.3 Å². The van der Waals surface area contributed by atoms with E-state index >= 15 is 0 Å². The number of pyridine rings is 1. The predicted octanol–water partition coefficient (Wildman–Crippen LogP) is 2.87. The molecule has 1 amide bonds. The van der Waals surface area contributed by atoms with Crippen LogP contribution in [0, 0.1) is 13.8 Å². The number of para-hydroxylation sites is 2. The van der Waals surface area contributed by atoms with E-state index in [0.29, 0.717) is 17.2 Å². The molecule has 2 aromatic rings. The van der Waals surface area contributed by atoms with Crippen LogP contribution in [0.1, 0.15) is 18.2 Å². The number of ether oxygens (including phenoxy) is 2. The van der Waals surface area contributed by atoms with Crippen LogP contribution in [-0.2, 0) is 4.79 Å². The Balaban J connectivity index is 1.76. The number of amides is 1. The number of aryl methyl sites for hydroxylation is 2. The molecule has 0 spiro atoms. The summed E-state index contributed by atoms with van der Waals surface area (Å²) < 4.78 is 11.5. The fraction of sp³-hybridized carbons (Fsp3) is 0.294. The number of fused-ring (bicyclic) bond motifs is 1. The quantitative estimate of drug-likeness (QED) is 0.926. The van der Waals surface area contributed by atoms with Gasteiger partial charge in [-0.15, -0.1) is 0 Å². The first-order valence-corrected chi connectivity index (χ1v) is 7.21. The number of anilines is 1. The van der Waals surface area contributed by atoms with E-state index in [0.717, 1.165) is 11.3 Å². The molecular weight excluding hydrogens is 280 g/mol. The van der Waals surface area contributed by atoms with Crippen molar-refractivity contribution in [3.05, 3.63) is 47.8 Å². The zero-order valence-corrected chi connectivity index (χ0v) is 12.8. The minimum Gasteiger partial charge on any atom is -0.482 e. The van der Waals surface area contributed by atoms with Gasteiger partial charge in [0.1, 0.15) is 6.10 Å². The zero-order chi connectivity index (χ0) is 15.7. The Morgan fingerprint density at radius 3 is 2.55 bits per heavy atom. The van der Waals surface area contributed by atoms with Gasteiger partial charge < -0.3 is 14.8 Å². The second-order valence-corrected chi connectivity index (χ2v) is 5.42. The molecule has 1 aromatic carbocycles. The molecule has 0 fully saturated rings. The van der Waals surface area contributed by atoms with E-state index in [1.54, 1.807) is 12.3 Å². The van der Waals surface area contributed by atoms with Gasteiger partial charge in [-0.1, -0.05) is 12.1 Å². The third-order valence-electron chi connectivity index (χ3n) is 3.71. The van der Waals surface area contributed by atoms with Gasteiger partial charge in [0.15, 0.2) is 11.5 Å². The average Bonchev–Trinajstić information content (AvgIpc) is 2.50. The van der Waals surface area contributed by atoms with Crippen LogP contribution in [0.4, 0.5) is 5.69 Å². The minimum absolute atomic E-state index is 0.243. The average molecular weight is 298 g/mol. The van der Waals surface area contributed by atoms with Crippen molar-refractivity contribution in [1.29, 1.82) is 0 Å². The van der Waals surface area contributed by atoms with Crippen LogP contribution < -0.4 is 14.8 Å². The summed E-state index contributed by atoms with van der Waals surface area (Å²) in [4.78, 5) is 16.7. The lowest BCUT2D eigenvalue weighted by Crippen LogP contribution is -2.46. The summed E-state index contributed by atoms with van der Waals surface area (Å²) in [7, 11) is 0. The Hall–Kier alpha value is -2.56. The summed E-state index contributed by atoms with van der Waals surface area (Å²) in [6.07, 6.45) is 0.577. The van der Waals surface area contributed by atoms with Crippen molar-refractivity contribution in [3.8, 4) is 11.5 Å². The lowest BCUT2D eigenvalue weighted by molar-refractivity contribution is -0.128. The summed E-state index contributed by atoms with van der Waals surface area (Å²) in [5.41, 5.74) is 2.62. The largest absolute Gasteiger partial charge is 0.482 e. The molecule has 1 aliphatic rings. The molecule has 0 aliphatic carbocycles. The lowest BCUT2D eigenvalue weighted by atomic mass is 10.1. The van der Waals surface area contributed by atoms with E-state index in [1.807, 2.05) is 45.0 Å². The zero-order valence-electron chi connectivity index (χ0n) is 12.8. The molecule has 5 heteroatoms. The lowest BCUT2D eigenvalue weighted by Gasteiger charge is -2.31. The van der Waals surface area contributed by atoms with Gasteiger partial charge in [0.25, 0.3) is 5.91 Å². The highest BCUT2D eigenvalue weighted by Crippen LogP contribution is 2.33. The maximum absolute atomic E-state index is 12.4. The molecular formula is C17H18N2O3. The molecule has 22 heavy (non-hydrogen) atoms. The molecule has 1 N–H and O–H groups in total. The first-order valence-electron chi connectivity index (χ1n) is 7.21. The van der Waals surface area contributed by atoms with Crippen molar-refractivity contribution in [1.82, 2.24) is 4.98 Å². The SMILES string of the molecule is Cc1cc(NC(=O)C2Oc3ccccc3OC2C)cnc1C. The Labute approximate surface area is 129 Å². The van der Waals surface area contributed by atoms with Crippen molar-refractivity contribution in [3.63, 3.8) is 0 Å². The fourth-order valence-electron chi connectivity index (χ4n) is 2.33. The Bertz CT molecular complexity index is 715. The van der Waals surface area contributed by atoms with Gasteiger partial charge in [-0.3, -0.25) is 9.78 Å². The van der Waals surface area contributed by atoms with Crippen LogP contribution in [0.2, 0.25) is 0 Å². The van der Waals surface area contributed by atoms with Crippen molar-refractivity contribution in [2.45, 2.75) is 33.0 Å². The topological polar surface area (TPSA) is 60.5 Å². The number of aromatic nitrogens is 1. The van der Waals surface area contributed by atoms with Gasteiger partial charge in [0, 0.05) is 5.69 Å². The van der Waals surface area contributed by atoms with Crippen LogP contribution in [0.5, 0.6) is 11.5 Å². The molecule has 2 unspecified atom stereocenters. The molecule has 0 saturated heterocycles. The molecule has 1 aliphatic heterocycles. The van der Waals surface area contributed by atoms with Gasteiger partial charge in [0.05, 0.1) is 11.9 Å². The van der Waals surface area contributed by atoms with E-state index in [4.69, 9.17) is 9.47 Å². The van der Waals surface area contributed by atoms with E-state index in [9.17, 15) is 4.79 Å². The highest BCUT2D eigenvalue weighted by molar-refractivity contribution is 5.95. The number of carbonyl (C=O) groups excluding carboxylic acids is 1. The summed E-state index contributed by atoms with van der Waals surface area (Å²) in [5.74, 6) is 0.998. The second-order valence-electron chi connectivity index (χ2n) is 5.42. The van der Waals surface area contributed by atoms with Crippen molar-refractivity contribution >= 4 is 11.6 Å². The van der Waals surface area contributed by atoms with E-state index < -0.39 is 6.10 Å². The maximum Gasteiger partial charge on any atom is 0.269 e. The van der Waals surface area contributed by atoms with Crippen LogP contribution in [0.15, 0.2) is 36.5 Å². The number of hydrogen-bond acceptors (Lipinski definition) is 4. The molecule has 0 radical (unpaired) electrons. The molecule has 2 atom stereocenters. The molecule has 1 aromatic heterocycles. The summed E-state index contributed by atoms with van der Waals surface area (Å²) in [6.45, 7) is 5.70. The van der Waals surface area contributed by atoms with E-state index in [1.165, 1.54) is 0 Å². The Morgan fingerprint density at radius 1 is 1.18 bits per heavy atom. The van der Waals surface area contributed by atoms with Gasteiger partial charge in [-0.05, 0) is 44.5 Å². The maximum atomic E-state index is 12.4. The Kier molecular flexibility index (Phi) is 3.71.